The summed E-state index contributed by atoms with van der Waals surface area (Å²) >= 11 is 0. The zero-order valence-electron chi connectivity index (χ0n) is 11.6. The topological polar surface area (TPSA) is 41.1 Å². The van der Waals surface area contributed by atoms with Gasteiger partial charge in [0.15, 0.2) is 0 Å². The molecule has 0 aromatic carbocycles. The van der Waals surface area contributed by atoms with Crippen LogP contribution >= 0.6 is 0 Å². The van der Waals surface area contributed by atoms with Crippen LogP contribution in [-0.2, 0) is 6.54 Å². The molecule has 2 rings (SSSR count). The van der Waals surface area contributed by atoms with Gasteiger partial charge in [0, 0.05) is 25.3 Å². The minimum atomic E-state index is 0.834. The highest BCUT2D eigenvalue weighted by atomic mass is 15.2. The molecule has 4 nitrogen and oxygen atoms in total. The summed E-state index contributed by atoms with van der Waals surface area (Å²) < 4.78 is 0. The summed E-state index contributed by atoms with van der Waals surface area (Å²) in [6.07, 6.45) is 5.21. The molecule has 0 spiro atoms. The number of hydrogen-bond acceptors (Lipinski definition) is 4. The Morgan fingerprint density at radius 2 is 1.89 bits per heavy atom. The molecule has 1 saturated heterocycles. The summed E-state index contributed by atoms with van der Waals surface area (Å²) in [6, 6.07) is 2.07. The van der Waals surface area contributed by atoms with Gasteiger partial charge in [-0.1, -0.05) is 19.8 Å². The minimum absolute atomic E-state index is 0.834. The first-order valence-corrected chi connectivity index (χ1v) is 7.10. The van der Waals surface area contributed by atoms with Crippen molar-refractivity contribution in [1.29, 1.82) is 0 Å². The number of nitrogens with zero attached hydrogens (tertiary/aromatic N) is 3. The number of anilines is 1. The van der Waals surface area contributed by atoms with E-state index in [1.165, 1.54) is 25.7 Å². The molecule has 0 radical (unpaired) electrons. The molecular formula is C14H24N4. The number of aryl methyl sites for hydroxylation is 1. The van der Waals surface area contributed by atoms with Crippen molar-refractivity contribution in [1.82, 2.24) is 15.3 Å². The number of nitrogens with one attached hydrogen (secondary N) is 1. The van der Waals surface area contributed by atoms with Gasteiger partial charge in [0.1, 0.15) is 0 Å². The molecule has 1 fully saturated rings. The van der Waals surface area contributed by atoms with Gasteiger partial charge in [-0.05, 0) is 32.4 Å². The lowest BCUT2D eigenvalue weighted by atomic mass is 10.2. The quantitative estimate of drug-likeness (QED) is 0.887. The Morgan fingerprint density at radius 1 is 1.17 bits per heavy atom. The Labute approximate surface area is 110 Å². The van der Waals surface area contributed by atoms with Crippen molar-refractivity contribution in [3.63, 3.8) is 0 Å². The van der Waals surface area contributed by atoms with Crippen molar-refractivity contribution in [3.05, 3.63) is 17.5 Å². The zero-order chi connectivity index (χ0) is 12.8. The first kappa shape index (κ1) is 13.3. The summed E-state index contributed by atoms with van der Waals surface area (Å²) in [5, 5.41) is 3.33. The van der Waals surface area contributed by atoms with Gasteiger partial charge in [0.2, 0.25) is 5.95 Å². The second-order valence-corrected chi connectivity index (χ2v) is 4.98. The van der Waals surface area contributed by atoms with Crippen LogP contribution in [0.4, 0.5) is 5.95 Å². The van der Waals surface area contributed by atoms with Gasteiger partial charge in [0.25, 0.3) is 0 Å². The van der Waals surface area contributed by atoms with Crippen LogP contribution in [0, 0.1) is 6.92 Å². The lowest BCUT2D eigenvalue weighted by molar-refractivity contribution is 0.696. The smallest absolute Gasteiger partial charge is 0.225 e. The Kier molecular flexibility index (Phi) is 4.93. The van der Waals surface area contributed by atoms with E-state index in [1.807, 2.05) is 0 Å². The molecule has 100 valence electrons. The van der Waals surface area contributed by atoms with Crippen LogP contribution in [0.25, 0.3) is 0 Å². The van der Waals surface area contributed by atoms with Crippen LogP contribution in [0.2, 0.25) is 0 Å². The van der Waals surface area contributed by atoms with Gasteiger partial charge in [-0.25, -0.2) is 9.97 Å². The average Bonchev–Trinajstić information content (AvgIpc) is 2.64. The Balaban J connectivity index is 2.12. The van der Waals surface area contributed by atoms with E-state index in [0.717, 1.165) is 43.5 Å². The van der Waals surface area contributed by atoms with E-state index < -0.39 is 0 Å². The highest BCUT2D eigenvalue weighted by molar-refractivity contribution is 5.32. The van der Waals surface area contributed by atoms with Crippen LogP contribution in [0.15, 0.2) is 6.07 Å². The Morgan fingerprint density at radius 3 is 2.56 bits per heavy atom. The fourth-order valence-corrected chi connectivity index (χ4v) is 2.37. The maximum Gasteiger partial charge on any atom is 0.225 e. The molecule has 0 saturated carbocycles. The lowest BCUT2D eigenvalue weighted by Crippen LogP contribution is -2.27. The van der Waals surface area contributed by atoms with Crippen LogP contribution in [0.1, 0.15) is 44.0 Å². The predicted molar refractivity (Wildman–Crippen MR) is 74.8 cm³/mol. The molecule has 0 atom stereocenters. The van der Waals surface area contributed by atoms with Crippen molar-refractivity contribution in [2.45, 2.75) is 46.1 Å². The Bertz CT molecular complexity index is 370. The highest BCUT2D eigenvalue weighted by Crippen LogP contribution is 2.16. The normalized spacial score (nSPS) is 16.7. The minimum Gasteiger partial charge on any atom is -0.341 e. The maximum absolute atomic E-state index is 4.69. The fourth-order valence-electron chi connectivity index (χ4n) is 2.37. The van der Waals surface area contributed by atoms with Crippen molar-refractivity contribution in [2.24, 2.45) is 0 Å². The molecule has 1 aromatic heterocycles. The third-order valence-corrected chi connectivity index (χ3v) is 3.34. The summed E-state index contributed by atoms with van der Waals surface area (Å²) in [6.45, 7) is 8.18. The lowest BCUT2D eigenvalue weighted by Gasteiger charge is -2.21. The van der Waals surface area contributed by atoms with E-state index in [1.54, 1.807) is 0 Å². The van der Waals surface area contributed by atoms with Crippen molar-refractivity contribution >= 4 is 5.95 Å². The molecule has 4 heteroatoms. The molecule has 0 unspecified atom stereocenters. The first-order chi connectivity index (χ1) is 8.79. The number of hydrogen-bond donors (Lipinski definition) is 1. The average molecular weight is 248 g/mol. The molecule has 0 bridgehead atoms. The van der Waals surface area contributed by atoms with Gasteiger partial charge in [-0.15, -0.1) is 0 Å². The van der Waals surface area contributed by atoms with Gasteiger partial charge in [-0.3, -0.25) is 0 Å². The van der Waals surface area contributed by atoms with Crippen LogP contribution in [-0.4, -0.2) is 29.6 Å². The van der Waals surface area contributed by atoms with E-state index in [4.69, 9.17) is 0 Å². The van der Waals surface area contributed by atoms with Crippen LogP contribution < -0.4 is 10.2 Å². The van der Waals surface area contributed by atoms with E-state index in [0.29, 0.717) is 0 Å². The van der Waals surface area contributed by atoms with E-state index in [9.17, 15) is 0 Å². The van der Waals surface area contributed by atoms with Crippen LogP contribution in [0.5, 0.6) is 0 Å². The summed E-state index contributed by atoms with van der Waals surface area (Å²) in [4.78, 5) is 11.6. The second-order valence-electron chi connectivity index (χ2n) is 4.98. The second kappa shape index (κ2) is 6.69. The molecule has 18 heavy (non-hydrogen) atoms. The molecule has 1 aromatic rings. The first-order valence-electron chi connectivity index (χ1n) is 7.10. The predicted octanol–water partition coefficient (Wildman–Crippen LogP) is 2.27. The third-order valence-electron chi connectivity index (χ3n) is 3.34. The van der Waals surface area contributed by atoms with Crippen molar-refractivity contribution < 1.29 is 0 Å². The summed E-state index contributed by atoms with van der Waals surface area (Å²) in [5.74, 6) is 0.921. The Hall–Kier alpha value is -1.16. The number of rotatable bonds is 4. The van der Waals surface area contributed by atoms with E-state index in [2.05, 4.69) is 40.1 Å². The van der Waals surface area contributed by atoms with Crippen molar-refractivity contribution in [2.75, 3.05) is 24.5 Å². The SMILES string of the molecule is CCNCc1cc(C)nc(N2CCCCCC2)n1. The van der Waals surface area contributed by atoms with Gasteiger partial charge in [0.05, 0.1) is 5.69 Å². The highest BCUT2D eigenvalue weighted by Gasteiger charge is 2.13. The van der Waals surface area contributed by atoms with E-state index >= 15 is 0 Å². The molecule has 1 N–H and O–H groups in total. The molecule has 1 aliphatic rings. The van der Waals surface area contributed by atoms with Crippen LogP contribution in [0.3, 0.4) is 0 Å². The van der Waals surface area contributed by atoms with Gasteiger partial charge in [-0.2, -0.15) is 0 Å². The maximum atomic E-state index is 4.69. The molecule has 0 amide bonds. The monoisotopic (exact) mass is 248 g/mol. The molecule has 2 heterocycles. The fraction of sp³-hybridized carbons (Fsp3) is 0.714. The van der Waals surface area contributed by atoms with Gasteiger partial charge < -0.3 is 10.2 Å². The van der Waals surface area contributed by atoms with Crippen molar-refractivity contribution in [3.8, 4) is 0 Å². The number of aromatic nitrogens is 2. The standard InChI is InChI=1S/C14H24N4/c1-3-15-11-13-10-12(2)16-14(17-13)18-8-6-4-5-7-9-18/h10,15H,3-9,11H2,1-2H3. The third kappa shape index (κ3) is 3.67. The van der Waals surface area contributed by atoms with E-state index in [-0.39, 0.29) is 0 Å². The summed E-state index contributed by atoms with van der Waals surface area (Å²) in [5.41, 5.74) is 2.17. The molecule has 1 aliphatic heterocycles. The molecule has 0 aliphatic carbocycles. The largest absolute Gasteiger partial charge is 0.341 e. The van der Waals surface area contributed by atoms with Gasteiger partial charge >= 0.3 is 0 Å². The zero-order valence-corrected chi connectivity index (χ0v) is 11.6. The summed E-state index contributed by atoms with van der Waals surface area (Å²) in [7, 11) is 0. The molecular weight excluding hydrogens is 224 g/mol.